The number of benzene rings is 1. The molecule has 1 atom stereocenters. The third-order valence-electron chi connectivity index (χ3n) is 3.75. The van der Waals surface area contributed by atoms with Crippen LogP contribution < -0.4 is 16.0 Å². The lowest BCUT2D eigenvalue weighted by molar-refractivity contribution is 0.333. The van der Waals surface area contributed by atoms with Crippen molar-refractivity contribution in [3.05, 3.63) is 51.2 Å². The van der Waals surface area contributed by atoms with E-state index in [1.54, 1.807) is 0 Å². The number of hydrogen-bond donors (Lipinski definition) is 2. The van der Waals surface area contributed by atoms with Gasteiger partial charge in [0, 0.05) is 15.3 Å². The van der Waals surface area contributed by atoms with Crippen LogP contribution in [0.5, 0.6) is 5.75 Å². The van der Waals surface area contributed by atoms with E-state index in [9.17, 15) is 0 Å². The van der Waals surface area contributed by atoms with Crippen LogP contribution >= 0.6 is 11.3 Å². The molecule has 0 amide bonds. The molecule has 1 aliphatic carbocycles. The summed E-state index contributed by atoms with van der Waals surface area (Å²) in [6, 6.07) is 10.4. The highest BCUT2D eigenvalue weighted by Crippen LogP contribution is 2.38. The quantitative estimate of drug-likeness (QED) is 0.656. The average Bonchev–Trinajstić information content (AvgIpc) is 3.03. The fraction of sp³-hybridized carbons (Fsp3) is 0.375. The highest BCUT2D eigenvalue weighted by Gasteiger charge is 2.22. The van der Waals surface area contributed by atoms with Crippen molar-refractivity contribution in [2.24, 2.45) is 5.84 Å². The van der Waals surface area contributed by atoms with Gasteiger partial charge in [0.05, 0.1) is 12.6 Å². The summed E-state index contributed by atoms with van der Waals surface area (Å²) in [4.78, 5) is 2.80. The molecular weight excluding hydrogens is 268 g/mol. The topological polar surface area (TPSA) is 47.3 Å². The molecule has 106 valence electrons. The maximum atomic E-state index is 5.82. The van der Waals surface area contributed by atoms with Crippen molar-refractivity contribution in [2.75, 3.05) is 6.61 Å². The summed E-state index contributed by atoms with van der Waals surface area (Å²) in [5.74, 6) is 6.73. The van der Waals surface area contributed by atoms with Crippen LogP contribution in [0.4, 0.5) is 0 Å². The van der Waals surface area contributed by atoms with Crippen LogP contribution in [0.15, 0.2) is 30.3 Å². The zero-order valence-corrected chi connectivity index (χ0v) is 12.5. The van der Waals surface area contributed by atoms with Gasteiger partial charge in [-0.3, -0.25) is 5.84 Å². The number of hydrogen-bond acceptors (Lipinski definition) is 4. The SMILES string of the molecule is CCOc1ccccc1C(NN)c1cc2c(s1)CCC2. The molecule has 0 radical (unpaired) electrons. The molecule has 0 fully saturated rings. The second kappa shape index (κ2) is 5.95. The standard InChI is InChI=1S/C16H20N2OS/c1-2-19-13-8-4-3-7-12(13)16(18-17)15-10-11-6-5-9-14(11)20-15/h3-4,7-8,10,16,18H,2,5-6,9,17H2,1H3. The number of ether oxygens (including phenoxy) is 1. The molecular formula is C16H20N2OS. The second-order valence-corrected chi connectivity index (χ2v) is 6.19. The van der Waals surface area contributed by atoms with Gasteiger partial charge < -0.3 is 4.74 Å². The van der Waals surface area contributed by atoms with E-state index in [-0.39, 0.29) is 6.04 Å². The highest BCUT2D eigenvalue weighted by atomic mass is 32.1. The number of para-hydroxylation sites is 1. The molecule has 1 aliphatic rings. The van der Waals surface area contributed by atoms with Gasteiger partial charge in [-0.05, 0) is 43.9 Å². The fourth-order valence-corrected chi connectivity index (χ4v) is 4.16. The summed E-state index contributed by atoms with van der Waals surface area (Å²) in [6.07, 6.45) is 3.71. The van der Waals surface area contributed by atoms with Gasteiger partial charge in [0.1, 0.15) is 5.75 Å². The first-order valence-corrected chi connectivity index (χ1v) is 7.94. The van der Waals surface area contributed by atoms with E-state index in [0.717, 1.165) is 11.3 Å². The van der Waals surface area contributed by atoms with Crippen LogP contribution in [0.1, 0.15) is 40.3 Å². The molecule has 3 nitrogen and oxygen atoms in total. The first-order chi connectivity index (χ1) is 9.83. The third kappa shape index (κ3) is 2.46. The Morgan fingerprint density at radius 1 is 1.35 bits per heavy atom. The maximum absolute atomic E-state index is 5.82. The monoisotopic (exact) mass is 288 g/mol. The van der Waals surface area contributed by atoms with Crippen molar-refractivity contribution in [3.63, 3.8) is 0 Å². The van der Waals surface area contributed by atoms with E-state index in [2.05, 4.69) is 17.6 Å². The van der Waals surface area contributed by atoms with Gasteiger partial charge in [-0.15, -0.1) is 11.3 Å². The molecule has 1 aromatic carbocycles. The van der Waals surface area contributed by atoms with Gasteiger partial charge in [-0.25, -0.2) is 5.43 Å². The van der Waals surface area contributed by atoms with Gasteiger partial charge in [0.2, 0.25) is 0 Å². The van der Waals surface area contributed by atoms with E-state index >= 15 is 0 Å². The van der Waals surface area contributed by atoms with Crippen molar-refractivity contribution >= 4 is 11.3 Å². The number of hydrazine groups is 1. The predicted molar refractivity (Wildman–Crippen MR) is 83.1 cm³/mol. The normalized spacial score (nSPS) is 15.1. The third-order valence-corrected chi connectivity index (χ3v) is 5.05. The molecule has 1 aromatic heterocycles. The summed E-state index contributed by atoms with van der Waals surface area (Å²) in [5, 5.41) is 0. The predicted octanol–water partition coefficient (Wildman–Crippen LogP) is 3.19. The van der Waals surface area contributed by atoms with Gasteiger partial charge in [-0.1, -0.05) is 18.2 Å². The molecule has 1 heterocycles. The molecule has 0 saturated carbocycles. The van der Waals surface area contributed by atoms with Crippen molar-refractivity contribution in [2.45, 2.75) is 32.2 Å². The van der Waals surface area contributed by atoms with Crippen LogP contribution in [-0.2, 0) is 12.8 Å². The fourth-order valence-electron chi connectivity index (χ4n) is 2.83. The minimum Gasteiger partial charge on any atom is -0.494 e. The Hall–Kier alpha value is -1.36. The van der Waals surface area contributed by atoms with E-state index in [1.165, 1.54) is 34.6 Å². The summed E-state index contributed by atoms with van der Waals surface area (Å²) in [6.45, 7) is 2.66. The molecule has 0 saturated heterocycles. The minimum atomic E-state index is 0.00773. The number of nitrogens with two attached hydrogens (primary N) is 1. The lowest BCUT2D eigenvalue weighted by atomic mass is 10.0. The van der Waals surface area contributed by atoms with Gasteiger partial charge in [0.15, 0.2) is 0 Å². The molecule has 3 N–H and O–H groups in total. The zero-order valence-electron chi connectivity index (χ0n) is 11.7. The molecule has 0 aliphatic heterocycles. The van der Waals surface area contributed by atoms with Crippen molar-refractivity contribution in [1.29, 1.82) is 0 Å². The Morgan fingerprint density at radius 3 is 2.95 bits per heavy atom. The number of fused-ring (bicyclic) bond motifs is 1. The summed E-state index contributed by atoms with van der Waals surface area (Å²) < 4.78 is 5.73. The van der Waals surface area contributed by atoms with Crippen LogP contribution in [0, 0.1) is 0 Å². The van der Waals surface area contributed by atoms with E-state index in [4.69, 9.17) is 10.6 Å². The smallest absolute Gasteiger partial charge is 0.124 e. The second-order valence-electron chi connectivity index (χ2n) is 5.02. The van der Waals surface area contributed by atoms with E-state index < -0.39 is 0 Å². The summed E-state index contributed by atoms with van der Waals surface area (Å²) in [7, 11) is 0. The lowest BCUT2D eigenvalue weighted by Gasteiger charge is -2.18. The minimum absolute atomic E-state index is 0.00773. The molecule has 3 rings (SSSR count). The summed E-state index contributed by atoms with van der Waals surface area (Å²) in [5.41, 5.74) is 5.56. The van der Waals surface area contributed by atoms with E-state index in [0.29, 0.717) is 6.61 Å². The van der Waals surface area contributed by atoms with Gasteiger partial charge in [-0.2, -0.15) is 0 Å². The molecule has 2 aromatic rings. The largest absolute Gasteiger partial charge is 0.494 e. The summed E-state index contributed by atoms with van der Waals surface area (Å²) >= 11 is 1.88. The van der Waals surface area contributed by atoms with Crippen LogP contribution in [0.25, 0.3) is 0 Å². The van der Waals surface area contributed by atoms with Gasteiger partial charge in [0.25, 0.3) is 0 Å². The Bertz CT molecular complexity index is 572. The maximum Gasteiger partial charge on any atom is 0.124 e. The number of thiophene rings is 1. The van der Waals surface area contributed by atoms with Crippen molar-refractivity contribution < 1.29 is 4.74 Å². The van der Waals surface area contributed by atoms with Crippen molar-refractivity contribution in [3.8, 4) is 5.75 Å². The van der Waals surface area contributed by atoms with Crippen LogP contribution in [0.2, 0.25) is 0 Å². The number of aryl methyl sites for hydroxylation is 2. The molecule has 20 heavy (non-hydrogen) atoms. The molecule has 0 bridgehead atoms. The molecule has 0 spiro atoms. The molecule has 1 unspecified atom stereocenters. The van der Waals surface area contributed by atoms with Gasteiger partial charge >= 0.3 is 0 Å². The van der Waals surface area contributed by atoms with Crippen molar-refractivity contribution in [1.82, 2.24) is 5.43 Å². The first-order valence-electron chi connectivity index (χ1n) is 7.12. The average molecular weight is 288 g/mol. The Kier molecular flexibility index (Phi) is 4.05. The molecule has 4 heteroatoms. The lowest BCUT2D eigenvalue weighted by Crippen LogP contribution is -2.28. The van der Waals surface area contributed by atoms with Crippen LogP contribution in [-0.4, -0.2) is 6.61 Å². The Morgan fingerprint density at radius 2 is 2.20 bits per heavy atom. The Balaban J connectivity index is 1.96. The highest BCUT2D eigenvalue weighted by molar-refractivity contribution is 7.12. The van der Waals surface area contributed by atoms with Crippen LogP contribution in [0.3, 0.4) is 0 Å². The van der Waals surface area contributed by atoms with E-state index in [1.807, 2.05) is 36.5 Å². The number of nitrogens with one attached hydrogen (secondary N) is 1. The first kappa shape index (κ1) is 13.6. The number of rotatable bonds is 5. The Labute approximate surface area is 123 Å². The zero-order chi connectivity index (χ0) is 13.9.